The van der Waals surface area contributed by atoms with Crippen LogP contribution in [0, 0.1) is 16.7 Å². The lowest BCUT2D eigenvalue weighted by Crippen LogP contribution is -2.50. The number of rotatable bonds is 4. The van der Waals surface area contributed by atoms with Gasteiger partial charge in [0.05, 0.1) is 0 Å². The van der Waals surface area contributed by atoms with Crippen LogP contribution in [0.25, 0.3) is 0 Å². The maximum Gasteiger partial charge on any atom is 0.0175 e. The van der Waals surface area contributed by atoms with E-state index in [4.69, 9.17) is 0 Å². The fourth-order valence-electron chi connectivity index (χ4n) is 4.12. The van der Waals surface area contributed by atoms with Gasteiger partial charge in [-0.2, -0.15) is 11.8 Å². The van der Waals surface area contributed by atoms with E-state index in [2.05, 4.69) is 32.3 Å². The van der Waals surface area contributed by atoms with Gasteiger partial charge in [-0.3, -0.25) is 0 Å². The second kappa shape index (κ2) is 3.96. The van der Waals surface area contributed by atoms with Gasteiger partial charge in [-0.25, -0.2) is 0 Å². The Morgan fingerprint density at radius 2 is 2.07 bits per heavy atom. The Bertz CT molecular complexity index is 234. The molecule has 15 heavy (non-hydrogen) atoms. The SMILES string of the molecule is CSCCNC1C2(C)CCC(C2)C1(C)C. The molecule has 3 atom stereocenters. The summed E-state index contributed by atoms with van der Waals surface area (Å²) in [6.45, 7) is 8.62. The van der Waals surface area contributed by atoms with Gasteiger partial charge in [-0.1, -0.05) is 20.8 Å². The van der Waals surface area contributed by atoms with Gasteiger partial charge in [0, 0.05) is 18.3 Å². The van der Waals surface area contributed by atoms with Crippen LogP contribution in [0.5, 0.6) is 0 Å². The van der Waals surface area contributed by atoms with Gasteiger partial charge in [0.25, 0.3) is 0 Å². The van der Waals surface area contributed by atoms with E-state index >= 15 is 0 Å². The van der Waals surface area contributed by atoms with Crippen molar-refractivity contribution in [2.24, 2.45) is 16.7 Å². The molecule has 2 aliphatic carbocycles. The second-order valence-corrected chi connectivity index (χ2v) is 7.28. The van der Waals surface area contributed by atoms with Crippen LogP contribution in [0.3, 0.4) is 0 Å². The molecular formula is C13H25NS. The minimum atomic E-state index is 0.519. The van der Waals surface area contributed by atoms with E-state index in [0.29, 0.717) is 10.8 Å². The van der Waals surface area contributed by atoms with Crippen molar-refractivity contribution < 1.29 is 0 Å². The highest BCUT2D eigenvalue weighted by Gasteiger charge is 2.58. The third-order valence-electron chi connectivity index (χ3n) is 4.92. The number of hydrogen-bond donors (Lipinski definition) is 1. The van der Waals surface area contributed by atoms with Gasteiger partial charge in [-0.05, 0) is 42.3 Å². The molecule has 0 saturated heterocycles. The Morgan fingerprint density at radius 3 is 2.60 bits per heavy atom. The second-order valence-electron chi connectivity index (χ2n) is 6.30. The predicted octanol–water partition coefficient (Wildman–Crippen LogP) is 3.15. The molecule has 3 unspecified atom stereocenters. The van der Waals surface area contributed by atoms with E-state index in [1.165, 1.54) is 31.6 Å². The molecule has 2 bridgehead atoms. The molecular weight excluding hydrogens is 202 g/mol. The van der Waals surface area contributed by atoms with Crippen molar-refractivity contribution in [3.05, 3.63) is 0 Å². The molecule has 2 rings (SSSR count). The quantitative estimate of drug-likeness (QED) is 0.741. The zero-order valence-electron chi connectivity index (χ0n) is 10.6. The highest BCUT2D eigenvalue weighted by Crippen LogP contribution is 2.62. The zero-order valence-corrected chi connectivity index (χ0v) is 11.4. The molecule has 1 N–H and O–H groups in total. The van der Waals surface area contributed by atoms with Gasteiger partial charge in [0.15, 0.2) is 0 Å². The lowest BCUT2D eigenvalue weighted by molar-refractivity contribution is 0.111. The number of thioether (sulfide) groups is 1. The molecule has 0 aliphatic heterocycles. The van der Waals surface area contributed by atoms with E-state index in [1.54, 1.807) is 0 Å². The van der Waals surface area contributed by atoms with Crippen LogP contribution >= 0.6 is 11.8 Å². The van der Waals surface area contributed by atoms with Gasteiger partial charge >= 0.3 is 0 Å². The van der Waals surface area contributed by atoms with Crippen molar-refractivity contribution in [3.63, 3.8) is 0 Å². The summed E-state index contributed by atoms with van der Waals surface area (Å²) in [5, 5.41) is 3.82. The van der Waals surface area contributed by atoms with E-state index in [1.807, 2.05) is 11.8 Å². The van der Waals surface area contributed by atoms with Gasteiger partial charge in [-0.15, -0.1) is 0 Å². The number of fused-ring (bicyclic) bond motifs is 2. The Labute approximate surface area is 98.8 Å². The molecule has 1 nitrogen and oxygen atoms in total. The zero-order chi connectivity index (χ0) is 11.1. The first kappa shape index (κ1) is 11.8. The molecule has 2 aliphatic rings. The van der Waals surface area contributed by atoms with Crippen LogP contribution in [0.1, 0.15) is 40.0 Å². The predicted molar refractivity (Wildman–Crippen MR) is 69.4 cm³/mol. The number of nitrogens with one attached hydrogen (secondary N) is 1. The molecule has 2 heteroatoms. The summed E-state index contributed by atoms with van der Waals surface area (Å²) in [7, 11) is 0. The molecule has 0 aromatic carbocycles. The molecule has 2 saturated carbocycles. The fraction of sp³-hybridized carbons (Fsp3) is 1.00. The normalized spacial score (nSPS) is 42.4. The first-order valence-electron chi connectivity index (χ1n) is 6.23. The lowest BCUT2D eigenvalue weighted by Gasteiger charge is -2.43. The van der Waals surface area contributed by atoms with Gasteiger partial charge in [0.2, 0.25) is 0 Å². The smallest absolute Gasteiger partial charge is 0.0175 e. The molecule has 2 fully saturated rings. The molecule has 0 aromatic heterocycles. The average molecular weight is 227 g/mol. The Morgan fingerprint density at radius 1 is 1.33 bits per heavy atom. The van der Waals surface area contributed by atoms with Crippen LogP contribution in [0.4, 0.5) is 0 Å². The van der Waals surface area contributed by atoms with Crippen molar-refractivity contribution >= 4 is 11.8 Å². The summed E-state index contributed by atoms with van der Waals surface area (Å²) >= 11 is 1.94. The Hall–Kier alpha value is 0.310. The highest BCUT2D eigenvalue weighted by atomic mass is 32.2. The first-order valence-corrected chi connectivity index (χ1v) is 7.62. The standard InChI is InChI=1S/C13H25NS/c1-12(2)10-5-6-13(3,9-10)11(12)14-7-8-15-4/h10-11,14H,5-9H2,1-4H3. The number of hydrogen-bond acceptors (Lipinski definition) is 2. The van der Waals surface area contributed by atoms with Gasteiger partial charge < -0.3 is 5.32 Å². The van der Waals surface area contributed by atoms with E-state index < -0.39 is 0 Å². The molecule has 0 heterocycles. The van der Waals surface area contributed by atoms with Crippen molar-refractivity contribution in [1.29, 1.82) is 0 Å². The third kappa shape index (κ3) is 1.84. The molecule has 0 amide bonds. The molecule has 88 valence electrons. The summed E-state index contributed by atoms with van der Waals surface area (Å²) < 4.78 is 0. The fourth-order valence-corrected chi connectivity index (χ4v) is 4.44. The maximum atomic E-state index is 3.82. The molecule has 0 aromatic rings. The average Bonchev–Trinajstić information content (AvgIpc) is 2.62. The summed E-state index contributed by atoms with van der Waals surface area (Å²) in [6.07, 6.45) is 6.55. The van der Waals surface area contributed by atoms with Crippen molar-refractivity contribution in [2.45, 2.75) is 46.1 Å². The van der Waals surface area contributed by atoms with Crippen LogP contribution in [0.15, 0.2) is 0 Å². The topological polar surface area (TPSA) is 12.0 Å². The van der Waals surface area contributed by atoms with Crippen molar-refractivity contribution in [1.82, 2.24) is 5.32 Å². The largest absolute Gasteiger partial charge is 0.312 e. The summed E-state index contributed by atoms with van der Waals surface area (Å²) in [6, 6.07) is 0.746. The summed E-state index contributed by atoms with van der Waals surface area (Å²) in [4.78, 5) is 0. The van der Waals surface area contributed by atoms with Crippen molar-refractivity contribution in [2.75, 3.05) is 18.6 Å². The van der Waals surface area contributed by atoms with Crippen molar-refractivity contribution in [3.8, 4) is 0 Å². The maximum absolute atomic E-state index is 3.82. The summed E-state index contributed by atoms with van der Waals surface area (Å²) in [5.74, 6) is 2.21. The summed E-state index contributed by atoms with van der Waals surface area (Å²) in [5.41, 5.74) is 1.11. The minimum Gasteiger partial charge on any atom is -0.312 e. The van der Waals surface area contributed by atoms with E-state index in [9.17, 15) is 0 Å². The molecule has 0 spiro atoms. The highest BCUT2D eigenvalue weighted by molar-refractivity contribution is 7.98. The van der Waals surface area contributed by atoms with Crippen LogP contribution in [-0.2, 0) is 0 Å². The van der Waals surface area contributed by atoms with Crippen LogP contribution < -0.4 is 5.32 Å². The minimum absolute atomic E-state index is 0.519. The lowest BCUT2D eigenvalue weighted by atomic mass is 9.68. The molecule has 0 radical (unpaired) electrons. The van der Waals surface area contributed by atoms with Gasteiger partial charge in [0.1, 0.15) is 0 Å². The van der Waals surface area contributed by atoms with E-state index in [-0.39, 0.29) is 0 Å². The first-order chi connectivity index (χ1) is 7.00. The van der Waals surface area contributed by atoms with E-state index in [0.717, 1.165) is 12.0 Å². The van der Waals surface area contributed by atoms with Crippen LogP contribution in [0.2, 0.25) is 0 Å². The van der Waals surface area contributed by atoms with Crippen LogP contribution in [-0.4, -0.2) is 24.6 Å². The monoisotopic (exact) mass is 227 g/mol. The Kier molecular flexibility index (Phi) is 3.11. The third-order valence-corrected chi connectivity index (χ3v) is 5.54. The Balaban J connectivity index is 2.02.